The second-order valence-electron chi connectivity index (χ2n) is 8.66. The lowest BCUT2D eigenvalue weighted by atomic mass is 9.87. The van der Waals surface area contributed by atoms with Crippen molar-refractivity contribution in [1.29, 1.82) is 0 Å². The van der Waals surface area contributed by atoms with Crippen LogP contribution in [0.15, 0.2) is 36.5 Å². The number of urea groups is 1. The van der Waals surface area contributed by atoms with Gasteiger partial charge in [-0.25, -0.2) is 14.8 Å². The van der Waals surface area contributed by atoms with Crippen molar-refractivity contribution in [2.45, 2.75) is 26.2 Å². The number of piperazine rings is 1. The Kier molecular flexibility index (Phi) is 5.32. The highest BCUT2D eigenvalue weighted by molar-refractivity contribution is 6.32. The molecule has 30 heavy (non-hydrogen) atoms. The summed E-state index contributed by atoms with van der Waals surface area (Å²) in [4.78, 5) is 25.7. The third kappa shape index (κ3) is 3.94. The van der Waals surface area contributed by atoms with E-state index >= 15 is 0 Å². The van der Waals surface area contributed by atoms with Gasteiger partial charge in [0.1, 0.15) is 5.82 Å². The third-order valence-electron chi connectivity index (χ3n) is 5.57. The highest BCUT2D eigenvalue weighted by atomic mass is 35.5. The largest absolute Gasteiger partial charge is 0.352 e. The Morgan fingerprint density at radius 1 is 1.13 bits per heavy atom. The van der Waals surface area contributed by atoms with Gasteiger partial charge in [0.15, 0.2) is 0 Å². The lowest BCUT2D eigenvalue weighted by Gasteiger charge is -2.35. The van der Waals surface area contributed by atoms with Crippen LogP contribution in [0, 0.1) is 0 Å². The molecule has 1 saturated heterocycles. The van der Waals surface area contributed by atoms with Gasteiger partial charge < -0.3 is 14.4 Å². The van der Waals surface area contributed by atoms with E-state index < -0.39 is 0 Å². The zero-order valence-corrected chi connectivity index (χ0v) is 18.6. The van der Waals surface area contributed by atoms with E-state index in [-0.39, 0.29) is 11.4 Å². The van der Waals surface area contributed by atoms with Gasteiger partial charge >= 0.3 is 6.03 Å². The monoisotopic (exact) mass is 426 g/mol. The van der Waals surface area contributed by atoms with E-state index in [1.165, 1.54) is 5.56 Å². The van der Waals surface area contributed by atoms with Crippen molar-refractivity contribution in [2.24, 2.45) is 7.05 Å². The first-order valence-electron chi connectivity index (χ1n) is 10.1. The second kappa shape index (κ2) is 7.80. The number of anilines is 2. The number of amides is 2. The molecule has 2 aromatic heterocycles. The fraction of sp³-hybridized carbons (Fsp3) is 0.409. The van der Waals surface area contributed by atoms with Crippen LogP contribution in [0.3, 0.4) is 0 Å². The van der Waals surface area contributed by atoms with Crippen LogP contribution < -0.4 is 10.2 Å². The molecular weight excluding hydrogens is 400 g/mol. The summed E-state index contributed by atoms with van der Waals surface area (Å²) in [7, 11) is 1.93. The molecule has 4 rings (SSSR count). The van der Waals surface area contributed by atoms with E-state index in [0.717, 1.165) is 16.9 Å². The molecule has 1 N–H and O–H groups in total. The lowest BCUT2D eigenvalue weighted by Crippen LogP contribution is -2.50. The van der Waals surface area contributed by atoms with E-state index in [9.17, 15) is 4.79 Å². The Labute approximate surface area is 181 Å². The summed E-state index contributed by atoms with van der Waals surface area (Å²) in [6.45, 7) is 9.11. The van der Waals surface area contributed by atoms with Gasteiger partial charge in [-0.1, -0.05) is 38.4 Å². The normalized spacial score (nSPS) is 15.0. The zero-order chi connectivity index (χ0) is 21.5. The minimum Gasteiger partial charge on any atom is -0.352 e. The minimum absolute atomic E-state index is 0.0536. The van der Waals surface area contributed by atoms with Crippen LogP contribution in [0.25, 0.3) is 11.0 Å². The van der Waals surface area contributed by atoms with Crippen LogP contribution in [0.5, 0.6) is 0 Å². The molecule has 0 saturated carbocycles. The topological polar surface area (TPSA) is 66.3 Å². The minimum atomic E-state index is -0.142. The Bertz CT molecular complexity index is 1080. The number of hydrogen-bond acceptors (Lipinski definition) is 4. The molecule has 0 bridgehead atoms. The second-order valence-corrected chi connectivity index (χ2v) is 9.07. The molecule has 3 aromatic rings. The van der Waals surface area contributed by atoms with Gasteiger partial charge in [0.25, 0.3) is 0 Å². The van der Waals surface area contributed by atoms with Crippen LogP contribution in [-0.4, -0.2) is 51.6 Å². The predicted octanol–water partition coefficient (Wildman–Crippen LogP) is 4.27. The summed E-state index contributed by atoms with van der Waals surface area (Å²) >= 11 is 6.25. The molecule has 1 fully saturated rings. The quantitative estimate of drug-likeness (QED) is 0.664. The number of benzene rings is 1. The fourth-order valence-electron chi connectivity index (χ4n) is 3.67. The predicted molar refractivity (Wildman–Crippen MR) is 121 cm³/mol. The van der Waals surface area contributed by atoms with Crippen LogP contribution in [0.4, 0.5) is 16.6 Å². The summed E-state index contributed by atoms with van der Waals surface area (Å²) in [6, 6.07) is 9.77. The molecule has 8 heteroatoms. The molecule has 1 aliphatic heterocycles. The first kappa shape index (κ1) is 20.5. The molecule has 2 amide bonds. The first-order valence-corrected chi connectivity index (χ1v) is 10.5. The van der Waals surface area contributed by atoms with Gasteiger partial charge in [0.05, 0.1) is 16.1 Å². The van der Waals surface area contributed by atoms with E-state index in [2.05, 4.69) is 53.1 Å². The summed E-state index contributed by atoms with van der Waals surface area (Å²) < 4.78 is 1.94. The van der Waals surface area contributed by atoms with Crippen molar-refractivity contribution in [1.82, 2.24) is 19.4 Å². The maximum absolute atomic E-state index is 12.8. The number of nitrogens with zero attached hydrogens (tertiary/aromatic N) is 5. The molecule has 0 aliphatic carbocycles. The number of carbonyl (C=O) groups is 1. The van der Waals surface area contributed by atoms with Crippen molar-refractivity contribution in [3.05, 3.63) is 47.1 Å². The molecule has 0 spiro atoms. The Morgan fingerprint density at radius 2 is 1.87 bits per heavy atom. The number of hydrogen-bond donors (Lipinski definition) is 1. The van der Waals surface area contributed by atoms with Crippen molar-refractivity contribution in [3.63, 3.8) is 0 Å². The number of nitrogens with one attached hydrogen (secondary N) is 1. The number of aryl methyl sites for hydroxylation is 1. The van der Waals surface area contributed by atoms with Gasteiger partial charge in [-0.15, -0.1) is 0 Å². The Morgan fingerprint density at radius 3 is 2.53 bits per heavy atom. The molecule has 1 aromatic carbocycles. The van der Waals surface area contributed by atoms with Crippen molar-refractivity contribution < 1.29 is 4.79 Å². The molecule has 0 radical (unpaired) electrons. The van der Waals surface area contributed by atoms with Crippen LogP contribution in [0.2, 0.25) is 5.02 Å². The van der Waals surface area contributed by atoms with Crippen molar-refractivity contribution in [3.8, 4) is 0 Å². The molecular formula is C22H27ClN6O. The number of carbonyl (C=O) groups excluding carboxylic acids is 1. The van der Waals surface area contributed by atoms with E-state index in [1.54, 1.807) is 11.1 Å². The molecule has 3 heterocycles. The maximum Gasteiger partial charge on any atom is 0.324 e. The zero-order valence-electron chi connectivity index (χ0n) is 17.8. The first-order chi connectivity index (χ1) is 14.2. The molecule has 1 aliphatic rings. The smallest absolute Gasteiger partial charge is 0.324 e. The average Bonchev–Trinajstić information content (AvgIpc) is 3.03. The fourth-order valence-corrected chi connectivity index (χ4v) is 3.92. The Balaban J connectivity index is 1.45. The summed E-state index contributed by atoms with van der Waals surface area (Å²) in [5.74, 6) is 1.32. The van der Waals surface area contributed by atoms with Gasteiger partial charge in [-0.2, -0.15) is 0 Å². The van der Waals surface area contributed by atoms with E-state index in [0.29, 0.717) is 37.1 Å². The average molecular weight is 427 g/mol. The number of aromatic nitrogens is 3. The highest BCUT2D eigenvalue weighted by Crippen LogP contribution is 2.27. The number of pyridine rings is 1. The molecule has 7 nitrogen and oxygen atoms in total. The van der Waals surface area contributed by atoms with E-state index in [1.807, 2.05) is 29.8 Å². The summed E-state index contributed by atoms with van der Waals surface area (Å²) in [6.07, 6.45) is 1.73. The SMILES string of the molecule is Cn1c(NC(=O)N2CCN(c3ncccc3Cl)CC2)nc2ccc(C(C)(C)C)cc21. The lowest BCUT2D eigenvalue weighted by molar-refractivity contribution is 0.208. The molecule has 0 unspecified atom stereocenters. The highest BCUT2D eigenvalue weighted by Gasteiger charge is 2.24. The summed E-state index contributed by atoms with van der Waals surface area (Å²) in [5.41, 5.74) is 3.17. The number of fused-ring (bicyclic) bond motifs is 1. The van der Waals surface area contributed by atoms with Crippen molar-refractivity contribution in [2.75, 3.05) is 36.4 Å². The molecule has 158 valence electrons. The van der Waals surface area contributed by atoms with Crippen molar-refractivity contribution >= 4 is 40.4 Å². The summed E-state index contributed by atoms with van der Waals surface area (Å²) in [5, 5.41) is 3.60. The third-order valence-corrected chi connectivity index (χ3v) is 5.87. The van der Waals surface area contributed by atoms with Gasteiger partial charge in [0, 0.05) is 39.4 Å². The van der Waals surface area contributed by atoms with E-state index in [4.69, 9.17) is 11.6 Å². The standard InChI is InChI=1S/C22H27ClN6O/c1-22(2,3)15-7-8-17-18(14-15)27(4)20(25-17)26-21(30)29-12-10-28(11-13-29)19-16(23)6-5-9-24-19/h5-9,14H,10-13H2,1-4H3,(H,25,26,30). The van der Waals surface area contributed by atoms with Gasteiger partial charge in [0.2, 0.25) is 5.95 Å². The Hall–Kier alpha value is -2.80. The van der Waals surface area contributed by atoms with Crippen LogP contribution >= 0.6 is 11.6 Å². The van der Waals surface area contributed by atoms with Gasteiger partial charge in [-0.05, 0) is 35.2 Å². The van der Waals surface area contributed by atoms with Crippen LogP contribution in [-0.2, 0) is 12.5 Å². The van der Waals surface area contributed by atoms with Crippen LogP contribution in [0.1, 0.15) is 26.3 Å². The maximum atomic E-state index is 12.8. The number of halogens is 1. The number of rotatable bonds is 2. The van der Waals surface area contributed by atoms with Gasteiger partial charge in [-0.3, -0.25) is 5.32 Å². The molecule has 0 atom stereocenters. The number of imidazole rings is 1.